The number of benzene rings is 1. The van der Waals surface area contributed by atoms with Crippen LogP contribution in [0, 0.1) is 5.41 Å². The highest BCUT2D eigenvalue weighted by atomic mass is 14.4. The summed E-state index contributed by atoms with van der Waals surface area (Å²) < 4.78 is 0. The zero-order valence-corrected chi connectivity index (χ0v) is 9.75. The van der Waals surface area contributed by atoms with Crippen LogP contribution in [-0.4, -0.2) is 5.71 Å². The molecule has 0 heterocycles. The minimum Gasteiger partial charge on any atom is -0.306 e. The van der Waals surface area contributed by atoms with Gasteiger partial charge in [0, 0.05) is 5.71 Å². The van der Waals surface area contributed by atoms with Crippen LogP contribution in [-0.2, 0) is 0 Å². The number of hydrogen-bond donors (Lipinski definition) is 1. The zero-order valence-electron chi connectivity index (χ0n) is 9.75. The average molecular weight is 201 g/mol. The van der Waals surface area contributed by atoms with E-state index in [2.05, 4.69) is 6.58 Å². The van der Waals surface area contributed by atoms with Crippen molar-refractivity contribution < 1.29 is 0 Å². The van der Waals surface area contributed by atoms with Crippen molar-refractivity contribution in [2.45, 2.75) is 20.8 Å². The fourth-order valence-electron chi connectivity index (χ4n) is 1.12. The molecule has 0 saturated carbocycles. The van der Waals surface area contributed by atoms with E-state index in [1.165, 1.54) is 0 Å². The number of hydrogen-bond acceptors (Lipinski definition) is 1. The fourth-order valence-corrected chi connectivity index (χ4v) is 1.12. The normalized spacial score (nSPS) is 9.93. The molecule has 0 atom stereocenters. The SMILES string of the molecule is C=C/C(=C\C(C)=N)c1ccccc1.CC. The van der Waals surface area contributed by atoms with Crippen molar-refractivity contribution in [2.24, 2.45) is 0 Å². The summed E-state index contributed by atoms with van der Waals surface area (Å²) in [6, 6.07) is 9.95. The number of allylic oxidation sites excluding steroid dienone is 3. The van der Waals surface area contributed by atoms with Crippen molar-refractivity contribution in [3.05, 3.63) is 54.6 Å². The van der Waals surface area contributed by atoms with Gasteiger partial charge in [0.25, 0.3) is 0 Å². The summed E-state index contributed by atoms with van der Waals surface area (Å²) >= 11 is 0. The van der Waals surface area contributed by atoms with Crippen molar-refractivity contribution in [3.8, 4) is 0 Å². The molecule has 0 amide bonds. The van der Waals surface area contributed by atoms with Gasteiger partial charge in [-0.2, -0.15) is 0 Å². The van der Waals surface area contributed by atoms with Gasteiger partial charge in [-0.05, 0) is 24.1 Å². The van der Waals surface area contributed by atoms with Crippen LogP contribution in [0.3, 0.4) is 0 Å². The van der Waals surface area contributed by atoms with Gasteiger partial charge < -0.3 is 5.41 Å². The molecule has 1 aromatic carbocycles. The molecule has 0 aliphatic heterocycles. The van der Waals surface area contributed by atoms with Gasteiger partial charge in [0.2, 0.25) is 0 Å². The molecule has 1 rings (SSSR count). The maximum atomic E-state index is 7.35. The maximum absolute atomic E-state index is 7.35. The summed E-state index contributed by atoms with van der Waals surface area (Å²) in [5.41, 5.74) is 2.64. The molecule has 0 bridgehead atoms. The van der Waals surface area contributed by atoms with Crippen LogP contribution < -0.4 is 0 Å². The lowest BCUT2D eigenvalue weighted by Crippen LogP contribution is -1.85. The summed E-state index contributed by atoms with van der Waals surface area (Å²) in [5.74, 6) is 0. The molecular weight excluding hydrogens is 182 g/mol. The first kappa shape index (κ1) is 13.4. The van der Waals surface area contributed by atoms with Gasteiger partial charge in [-0.1, -0.05) is 56.8 Å². The molecule has 0 aliphatic carbocycles. The van der Waals surface area contributed by atoms with Gasteiger partial charge in [-0.3, -0.25) is 0 Å². The van der Waals surface area contributed by atoms with Crippen LogP contribution in [0.5, 0.6) is 0 Å². The van der Waals surface area contributed by atoms with Crippen LogP contribution in [0.4, 0.5) is 0 Å². The van der Waals surface area contributed by atoms with Crippen LogP contribution >= 0.6 is 0 Å². The lowest BCUT2D eigenvalue weighted by molar-refractivity contribution is 1.49. The highest BCUT2D eigenvalue weighted by Crippen LogP contribution is 2.14. The Balaban J connectivity index is 0.000000921. The van der Waals surface area contributed by atoms with Crippen molar-refractivity contribution >= 4 is 11.3 Å². The second-order valence-corrected chi connectivity index (χ2v) is 2.85. The highest BCUT2D eigenvalue weighted by molar-refractivity contribution is 5.98. The van der Waals surface area contributed by atoms with Gasteiger partial charge in [0.1, 0.15) is 0 Å². The second-order valence-electron chi connectivity index (χ2n) is 2.85. The van der Waals surface area contributed by atoms with Gasteiger partial charge >= 0.3 is 0 Å². The van der Waals surface area contributed by atoms with Crippen molar-refractivity contribution in [1.82, 2.24) is 0 Å². The van der Waals surface area contributed by atoms with Crippen molar-refractivity contribution in [3.63, 3.8) is 0 Å². The summed E-state index contributed by atoms with van der Waals surface area (Å²) in [4.78, 5) is 0. The van der Waals surface area contributed by atoms with Gasteiger partial charge in [0.05, 0.1) is 0 Å². The molecule has 0 saturated heterocycles. The molecule has 0 spiro atoms. The molecule has 0 fully saturated rings. The molecule has 0 aliphatic rings. The molecule has 80 valence electrons. The van der Waals surface area contributed by atoms with E-state index < -0.39 is 0 Å². The Morgan fingerprint density at radius 2 is 1.73 bits per heavy atom. The van der Waals surface area contributed by atoms with Crippen molar-refractivity contribution in [1.29, 1.82) is 5.41 Å². The third kappa shape index (κ3) is 4.96. The molecule has 1 N–H and O–H groups in total. The van der Waals surface area contributed by atoms with Crippen LogP contribution in [0.15, 0.2) is 49.1 Å². The van der Waals surface area contributed by atoms with E-state index in [0.29, 0.717) is 5.71 Å². The van der Waals surface area contributed by atoms with E-state index in [0.717, 1.165) is 11.1 Å². The van der Waals surface area contributed by atoms with Gasteiger partial charge in [-0.15, -0.1) is 0 Å². The largest absolute Gasteiger partial charge is 0.306 e. The van der Waals surface area contributed by atoms with E-state index in [9.17, 15) is 0 Å². The molecular formula is C14H19N. The predicted octanol–water partition coefficient (Wildman–Crippen LogP) is 4.32. The van der Waals surface area contributed by atoms with E-state index in [4.69, 9.17) is 5.41 Å². The third-order valence-electron chi connectivity index (χ3n) is 1.70. The minimum absolute atomic E-state index is 0.541. The van der Waals surface area contributed by atoms with Gasteiger partial charge in [0.15, 0.2) is 0 Å². The van der Waals surface area contributed by atoms with E-state index in [-0.39, 0.29) is 0 Å². The summed E-state index contributed by atoms with van der Waals surface area (Å²) in [6.07, 6.45) is 3.58. The monoisotopic (exact) mass is 201 g/mol. The molecule has 0 aromatic heterocycles. The average Bonchev–Trinajstić information content (AvgIpc) is 2.29. The standard InChI is InChI=1S/C12H13N.C2H6/c1-3-11(9-10(2)13)12-7-5-4-6-8-12;1-2/h3-9,13H,1H2,2H3;1-2H3/b11-9+,13-10?;. The quantitative estimate of drug-likeness (QED) is 0.556. The van der Waals surface area contributed by atoms with Crippen LogP contribution in [0.2, 0.25) is 0 Å². The minimum atomic E-state index is 0.541. The topological polar surface area (TPSA) is 23.9 Å². The van der Waals surface area contributed by atoms with Crippen LogP contribution in [0.25, 0.3) is 5.57 Å². The Kier molecular flexibility index (Phi) is 6.90. The van der Waals surface area contributed by atoms with E-state index in [1.807, 2.05) is 50.3 Å². The Morgan fingerprint density at radius 1 is 1.20 bits per heavy atom. The zero-order chi connectivity index (χ0) is 11.7. The fraction of sp³-hybridized carbons (Fsp3) is 0.214. The maximum Gasteiger partial charge on any atom is 0.0289 e. The molecule has 15 heavy (non-hydrogen) atoms. The van der Waals surface area contributed by atoms with E-state index in [1.54, 1.807) is 13.0 Å². The summed E-state index contributed by atoms with van der Waals surface area (Å²) in [6.45, 7) is 9.48. The van der Waals surface area contributed by atoms with Crippen molar-refractivity contribution in [2.75, 3.05) is 0 Å². The first-order valence-electron chi connectivity index (χ1n) is 5.18. The molecule has 1 heteroatoms. The summed E-state index contributed by atoms with van der Waals surface area (Å²) in [5, 5.41) is 7.35. The number of rotatable bonds is 3. The van der Waals surface area contributed by atoms with Gasteiger partial charge in [-0.25, -0.2) is 0 Å². The Morgan fingerprint density at radius 3 is 2.13 bits per heavy atom. The Labute approximate surface area is 92.7 Å². The molecule has 1 nitrogen and oxygen atoms in total. The van der Waals surface area contributed by atoms with E-state index >= 15 is 0 Å². The Bertz CT molecular complexity index is 334. The first-order valence-corrected chi connectivity index (χ1v) is 5.18. The molecule has 0 radical (unpaired) electrons. The second kappa shape index (κ2) is 7.74. The lowest BCUT2D eigenvalue weighted by Gasteiger charge is -2.00. The molecule has 0 unspecified atom stereocenters. The smallest absolute Gasteiger partial charge is 0.0289 e. The predicted molar refractivity (Wildman–Crippen MR) is 69.4 cm³/mol. The first-order chi connectivity index (χ1) is 7.24. The number of nitrogens with one attached hydrogen (secondary N) is 1. The molecule has 1 aromatic rings. The third-order valence-corrected chi connectivity index (χ3v) is 1.70. The highest BCUT2D eigenvalue weighted by Gasteiger charge is 1.95. The van der Waals surface area contributed by atoms with Crippen LogP contribution in [0.1, 0.15) is 26.3 Å². The summed E-state index contributed by atoms with van der Waals surface area (Å²) in [7, 11) is 0. The lowest BCUT2D eigenvalue weighted by atomic mass is 10.0. The Hall–Kier alpha value is -1.63.